The van der Waals surface area contributed by atoms with Crippen molar-refractivity contribution in [1.29, 1.82) is 0 Å². The summed E-state index contributed by atoms with van der Waals surface area (Å²) in [5.41, 5.74) is 0. The number of furan rings is 1. The zero-order chi connectivity index (χ0) is 12.1. The Labute approximate surface area is 103 Å². The Hall–Kier alpha value is -1.75. The third kappa shape index (κ3) is 3.35. The third-order valence-corrected chi connectivity index (χ3v) is 2.44. The fourth-order valence-corrected chi connectivity index (χ4v) is 1.55. The maximum atomic E-state index is 11.5. The molecule has 0 unspecified atom stereocenters. The fourth-order valence-electron chi connectivity index (χ4n) is 1.41. The molecule has 0 aliphatic rings. The van der Waals surface area contributed by atoms with Crippen LogP contribution in [0, 0.1) is 0 Å². The van der Waals surface area contributed by atoms with Crippen LogP contribution in [0.5, 0.6) is 0 Å². The highest BCUT2D eigenvalue weighted by Gasteiger charge is 2.09. The van der Waals surface area contributed by atoms with Gasteiger partial charge in [0.1, 0.15) is 0 Å². The zero-order valence-electron chi connectivity index (χ0n) is 9.10. The number of nitrogens with zero attached hydrogens (tertiary/aromatic N) is 2. The van der Waals surface area contributed by atoms with Crippen LogP contribution < -0.4 is 5.32 Å². The first-order valence-corrected chi connectivity index (χ1v) is 5.63. The molecule has 17 heavy (non-hydrogen) atoms. The Morgan fingerprint density at radius 3 is 3.06 bits per heavy atom. The molecule has 2 aromatic heterocycles. The molecule has 0 aliphatic heterocycles. The predicted octanol–water partition coefficient (Wildman–Crippen LogP) is 1.95. The molecule has 0 fully saturated rings. The highest BCUT2D eigenvalue weighted by molar-refractivity contribution is 6.29. The normalized spacial score (nSPS) is 10.4. The molecule has 0 aromatic carbocycles. The maximum Gasteiger partial charge on any atom is 0.287 e. The number of aromatic nitrogens is 2. The van der Waals surface area contributed by atoms with Gasteiger partial charge in [0.25, 0.3) is 5.91 Å². The standard InChI is InChI=1S/C11H12ClN3O2/c12-10-3-2-9(17-10)11(16)14-4-1-6-15-7-5-13-8-15/h2-3,5,7-8H,1,4,6H2,(H,14,16). The van der Waals surface area contributed by atoms with Crippen molar-refractivity contribution >= 4 is 17.5 Å². The smallest absolute Gasteiger partial charge is 0.287 e. The summed E-state index contributed by atoms with van der Waals surface area (Å²) < 4.78 is 6.94. The molecule has 0 radical (unpaired) electrons. The van der Waals surface area contributed by atoms with Crippen molar-refractivity contribution in [3.05, 3.63) is 41.8 Å². The Morgan fingerprint density at radius 1 is 1.53 bits per heavy atom. The van der Waals surface area contributed by atoms with Crippen LogP contribution in [-0.4, -0.2) is 22.0 Å². The van der Waals surface area contributed by atoms with E-state index in [0.717, 1.165) is 13.0 Å². The average Bonchev–Trinajstić information content (AvgIpc) is 2.95. The SMILES string of the molecule is O=C(NCCCn1ccnc1)c1ccc(Cl)o1. The Bertz CT molecular complexity index is 479. The summed E-state index contributed by atoms with van der Waals surface area (Å²) in [4.78, 5) is 15.5. The summed E-state index contributed by atoms with van der Waals surface area (Å²) in [6.07, 6.45) is 6.18. The van der Waals surface area contributed by atoms with E-state index >= 15 is 0 Å². The predicted molar refractivity (Wildman–Crippen MR) is 62.9 cm³/mol. The van der Waals surface area contributed by atoms with E-state index in [0.29, 0.717) is 6.54 Å². The monoisotopic (exact) mass is 253 g/mol. The summed E-state index contributed by atoms with van der Waals surface area (Å²) >= 11 is 5.58. The Kier molecular flexibility index (Phi) is 3.82. The second-order valence-corrected chi connectivity index (χ2v) is 3.89. The fraction of sp³-hybridized carbons (Fsp3) is 0.273. The van der Waals surface area contributed by atoms with Gasteiger partial charge in [0.2, 0.25) is 0 Å². The summed E-state index contributed by atoms with van der Waals surface area (Å²) in [6, 6.07) is 3.09. The number of nitrogens with one attached hydrogen (secondary N) is 1. The molecule has 90 valence electrons. The molecule has 2 rings (SSSR count). The number of hydrogen-bond acceptors (Lipinski definition) is 3. The van der Waals surface area contributed by atoms with E-state index in [1.54, 1.807) is 24.7 Å². The van der Waals surface area contributed by atoms with E-state index in [4.69, 9.17) is 16.0 Å². The molecule has 2 aromatic rings. The van der Waals surface area contributed by atoms with Crippen LogP contribution in [0.15, 0.2) is 35.3 Å². The Morgan fingerprint density at radius 2 is 2.41 bits per heavy atom. The molecule has 5 nitrogen and oxygen atoms in total. The Balaban J connectivity index is 1.70. The second kappa shape index (κ2) is 5.54. The van der Waals surface area contributed by atoms with Gasteiger partial charge in [-0.2, -0.15) is 0 Å². The van der Waals surface area contributed by atoms with Crippen molar-refractivity contribution in [2.24, 2.45) is 0 Å². The molecule has 0 saturated carbocycles. The number of hydrogen-bond donors (Lipinski definition) is 1. The summed E-state index contributed by atoms with van der Waals surface area (Å²) in [5.74, 6) is -0.0137. The highest BCUT2D eigenvalue weighted by Crippen LogP contribution is 2.12. The lowest BCUT2D eigenvalue weighted by molar-refractivity contribution is 0.0925. The molecule has 1 N–H and O–H groups in total. The van der Waals surface area contributed by atoms with Crippen LogP contribution in [-0.2, 0) is 6.54 Å². The number of rotatable bonds is 5. The topological polar surface area (TPSA) is 60.1 Å². The number of aryl methyl sites for hydroxylation is 1. The highest BCUT2D eigenvalue weighted by atomic mass is 35.5. The number of amides is 1. The van der Waals surface area contributed by atoms with Crippen LogP contribution in [0.2, 0.25) is 5.22 Å². The van der Waals surface area contributed by atoms with E-state index in [-0.39, 0.29) is 16.9 Å². The van der Waals surface area contributed by atoms with Gasteiger partial charge < -0.3 is 14.3 Å². The number of halogens is 1. The van der Waals surface area contributed by atoms with E-state index in [9.17, 15) is 4.79 Å². The van der Waals surface area contributed by atoms with Crippen molar-refractivity contribution in [1.82, 2.24) is 14.9 Å². The van der Waals surface area contributed by atoms with Crippen molar-refractivity contribution in [3.8, 4) is 0 Å². The van der Waals surface area contributed by atoms with E-state index in [1.165, 1.54) is 0 Å². The minimum atomic E-state index is -0.248. The van der Waals surface area contributed by atoms with Gasteiger partial charge in [-0.3, -0.25) is 4.79 Å². The van der Waals surface area contributed by atoms with Crippen LogP contribution in [0.1, 0.15) is 17.0 Å². The van der Waals surface area contributed by atoms with Gasteiger partial charge in [0.15, 0.2) is 11.0 Å². The van der Waals surface area contributed by atoms with Crippen molar-refractivity contribution in [2.75, 3.05) is 6.54 Å². The van der Waals surface area contributed by atoms with Gasteiger partial charge in [-0.1, -0.05) is 0 Å². The maximum absolute atomic E-state index is 11.5. The first-order chi connectivity index (χ1) is 8.25. The van der Waals surface area contributed by atoms with Crippen LogP contribution in [0.3, 0.4) is 0 Å². The first-order valence-electron chi connectivity index (χ1n) is 5.25. The van der Waals surface area contributed by atoms with E-state index < -0.39 is 0 Å². The van der Waals surface area contributed by atoms with Gasteiger partial charge in [0, 0.05) is 25.5 Å². The molecule has 1 amide bonds. The molecular weight excluding hydrogens is 242 g/mol. The molecule has 0 bridgehead atoms. The van der Waals surface area contributed by atoms with E-state index in [1.807, 2.05) is 10.8 Å². The van der Waals surface area contributed by atoms with Gasteiger partial charge in [0.05, 0.1) is 6.33 Å². The number of carbonyl (C=O) groups excluding carboxylic acids is 1. The van der Waals surface area contributed by atoms with Crippen LogP contribution in [0.4, 0.5) is 0 Å². The van der Waals surface area contributed by atoms with Gasteiger partial charge in [-0.05, 0) is 30.2 Å². The lowest BCUT2D eigenvalue weighted by Crippen LogP contribution is -2.24. The molecular formula is C11H12ClN3O2. The summed E-state index contributed by atoms with van der Waals surface area (Å²) in [5, 5.41) is 2.97. The lowest BCUT2D eigenvalue weighted by atomic mass is 10.4. The lowest BCUT2D eigenvalue weighted by Gasteiger charge is -2.03. The van der Waals surface area contributed by atoms with Gasteiger partial charge in [-0.25, -0.2) is 4.98 Å². The zero-order valence-corrected chi connectivity index (χ0v) is 9.85. The molecule has 0 atom stereocenters. The molecule has 2 heterocycles. The minimum absolute atomic E-state index is 0.216. The van der Waals surface area contributed by atoms with Crippen LogP contribution >= 0.6 is 11.6 Å². The number of imidazole rings is 1. The molecule has 0 spiro atoms. The third-order valence-electron chi connectivity index (χ3n) is 2.23. The van der Waals surface area contributed by atoms with Gasteiger partial charge in [-0.15, -0.1) is 0 Å². The van der Waals surface area contributed by atoms with Crippen LogP contribution in [0.25, 0.3) is 0 Å². The molecule has 6 heteroatoms. The van der Waals surface area contributed by atoms with Crippen molar-refractivity contribution < 1.29 is 9.21 Å². The minimum Gasteiger partial charge on any atom is -0.440 e. The summed E-state index contributed by atoms with van der Waals surface area (Å²) in [6.45, 7) is 1.40. The molecule has 0 aliphatic carbocycles. The van der Waals surface area contributed by atoms with E-state index in [2.05, 4.69) is 10.3 Å². The molecule has 0 saturated heterocycles. The van der Waals surface area contributed by atoms with Crippen molar-refractivity contribution in [2.45, 2.75) is 13.0 Å². The summed E-state index contributed by atoms with van der Waals surface area (Å²) in [7, 11) is 0. The number of carbonyl (C=O) groups is 1. The quantitative estimate of drug-likeness (QED) is 0.829. The van der Waals surface area contributed by atoms with Crippen molar-refractivity contribution in [3.63, 3.8) is 0 Å². The largest absolute Gasteiger partial charge is 0.440 e. The first kappa shape index (κ1) is 11.7. The van der Waals surface area contributed by atoms with Gasteiger partial charge >= 0.3 is 0 Å². The second-order valence-electron chi connectivity index (χ2n) is 3.51. The average molecular weight is 254 g/mol.